The highest BCUT2D eigenvalue weighted by Crippen LogP contribution is 2.32. The molecule has 1 aromatic carbocycles. The van der Waals surface area contributed by atoms with Crippen LogP contribution in [0, 0.1) is 0 Å². The fourth-order valence-electron chi connectivity index (χ4n) is 3.83. The third-order valence-corrected chi connectivity index (χ3v) is 5.38. The molecule has 1 saturated heterocycles. The zero-order valence-electron chi connectivity index (χ0n) is 16.5. The van der Waals surface area contributed by atoms with Gasteiger partial charge < -0.3 is 9.88 Å². The molecule has 1 fully saturated rings. The molecule has 4 rings (SSSR count). The van der Waals surface area contributed by atoms with Crippen LogP contribution in [0.2, 0.25) is 0 Å². The number of nitrogens with zero attached hydrogens (tertiary/aromatic N) is 2. The number of benzene rings is 1. The molecule has 0 unspecified atom stereocenters. The van der Waals surface area contributed by atoms with Crippen molar-refractivity contribution in [1.29, 1.82) is 0 Å². The van der Waals surface area contributed by atoms with E-state index in [4.69, 9.17) is 0 Å². The molecule has 1 amide bonds. The Bertz CT molecular complexity index is 1120. The summed E-state index contributed by atoms with van der Waals surface area (Å²) in [4.78, 5) is 33.1. The van der Waals surface area contributed by atoms with Crippen molar-refractivity contribution in [3.63, 3.8) is 0 Å². The zero-order chi connectivity index (χ0) is 22.0. The van der Waals surface area contributed by atoms with Gasteiger partial charge in [0.15, 0.2) is 0 Å². The minimum Gasteiger partial charge on any atom is -0.330 e. The molecule has 0 radical (unpaired) electrons. The number of carbonyl (C=O) groups is 1. The first-order valence-electron chi connectivity index (χ1n) is 9.93. The maximum absolute atomic E-state index is 12.9. The molecule has 5 nitrogen and oxygen atoms in total. The van der Waals surface area contributed by atoms with Gasteiger partial charge in [0, 0.05) is 30.9 Å². The van der Waals surface area contributed by atoms with Gasteiger partial charge in [-0.15, -0.1) is 0 Å². The standard InChI is InChI=1S/C23H20F3N3O2/c24-23(25,26)17-9-6-15(7-10-17)13-18-3-1-4-19(28-18)20-5-2-12-29(20)22(31)16-8-11-21(30)27-14-16/h1,3-4,6-11,14,20H,2,5,12-13H2,(H,27,30)/t20-/m0/s1. The highest BCUT2D eigenvalue weighted by atomic mass is 19.4. The number of H-pyrrole nitrogens is 1. The van der Waals surface area contributed by atoms with Crippen molar-refractivity contribution < 1.29 is 18.0 Å². The van der Waals surface area contributed by atoms with Crippen LogP contribution in [-0.4, -0.2) is 27.3 Å². The number of carbonyl (C=O) groups excluding carboxylic acids is 1. The molecule has 0 spiro atoms. The molecule has 1 N–H and O–H groups in total. The monoisotopic (exact) mass is 427 g/mol. The Hall–Kier alpha value is -3.42. The Labute approximate surface area is 176 Å². The van der Waals surface area contributed by atoms with Crippen molar-refractivity contribution in [2.24, 2.45) is 0 Å². The van der Waals surface area contributed by atoms with E-state index < -0.39 is 11.7 Å². The van der Waals surface area contributed by atoms with Gasteiger partial charge in [0.2, 0.25) is 5.56 Å². The van der Waals surface area contributed by atoms with Crippen LogP contribution in [0.25, 0.3) is 0 Å². The topological polar surface area (TPSA) is 66.1 Å². The van der Waals surface area contributed by atoms with E-state index in [1.165, 1.54) is 30.5 Å². The minimum atomic E-state index is -4.36. The molecule has 0 bridgehead atoms. The molecule has 1 atom stereocenters. The summed E-state index contributed by atoms with van der Waals surface area (Å²) in [5.74, 6) is -0.173. The summed E-state index contributed by atoms with van der Waals surface area (Å²) >= 11 is 0. The molecule has 2 aromatic heterocycles. The number of halogens is 3. The van der Waals surface area contributed by atoms with Crippen LogP contribution in [0.5, 0.6) is 0 Å². The van der Waals surface area contributed by atoms with Crippen LogP contribution in [0.4, 0.5) is 13.2 Å². The SMILES string of the molecule is O=C(c1ccc(=O)[nH]c1)N1CCC[C@H]1c1cccc(Cc2ccc(C(F)(F)F)cc2)n1. The van der Waals surface area contributed by atoms with Crippen LogP contribution < -0.4 is 5.56 Å². The molecule has 31 heavy (non-hydrogen) atoms. The van der Waals surface area contributed by atoms with Crippen molar-refractivity contribution in [3.8, 4) is 0 Å². The summed E-state index contributed by atoms with van der Waals surface area (Å²) in [6.45, 7) is 0.591. The number of alkyl halides is 3. The number of nitrogens with one attached hydrogen (secondary N) is 1. The predicted octanol–water partition coefficient (Wildman–Crippen LogP) is 4.36. The zero-order valence-corrected chi connectivity index (χ0v) is 16.5. The molecule has 160 valence electrons. The van der Waals surface area contributed by atoms with E-state index in [1.54, 1.807) is 4.90 Å². The maximum atomic E-state index is 12.9. The van der Waals surface area contributed by atoms with Gasteiger partial charge >= 0.3 is 6.18 Å². The van der Waals surface area contributed by atoms with Crippen molar-refractivity contribution >= 4 is 5.91 Å². The summed E-state index contributed by atoms with van der Waals surface area (Å²) < 4.78 is 38.3. The fourth-order valence-corrected chi connectivity index (χ4v) is 3.83. The first kappa shape index (κ1) is 20.8. The number of hydrogen-bond donors (Lipinski definition) is 1. The number of amides is 1. The second-order valence-corrected chi connectivity index (χ2v) is 7.52. The normalized spacial score (nSPS) is 16.5. The first-order chi connectivity index (χ1) is 14.8. The average molecular weight is 427 g/mol. The highest BCUT2D eigenvalue weighted by molar-refractivity contribution is 5.94. The van der Waals surface area contributed by atoms with Gasteiger partial charge in [-0.3, -0.25) is 14.6 Å². The van der Waals surface area contributed by atoms with E-state index in [-0.39, 0.29) is 17.5 Å². The summed E-state index contributed by atoms with van der Waals surface area (Å²) in [5, 5.41) is 0. The molecule has 8 heteroatoms. The first-order valence-corrected chi connectivity index (χ1v) is 9.93. The van der Waals surface area contributed by atoms with Crippen LogP contribution in [0.15, 0.2) is 65.6 Å². The van der Waals surface area contributed by atoms with Crippen LogP contribution in [0.3, 0.4) is 0 Å². The van der Waals surface area contributed by atoms with E-state index in [0.29, 0.717) is 18.5 Å². The maximum Gasteiger partial charge on any atom is 0.416 e. The van der Waals surface area contributed by atoms with E-state index in [1.807, 2.05) is 18.2 Å². The van der Waals surface area contributed by atoms with E-state index >= 15 is 0 Å². The largest absolute Gasteiger partial charge is 0.416 e. The number of pyridine rings is 2. The van der Waals surface area contributed by atoms with Crippen LogP contribution in [0.1, 0.15) is 51.8 Å². The lowest BCUT2D eigenvalue weighted by Crippen LogP contribution is -2.31. The molecule has 1 aliphatic rings. The summed E-state index contributed by atoms with van der Waals surface area (Å²) in [5.41, 5.74) is 1.66. The van der Waals surface area contributed by atoms with E-state index in [2.05, 4.69) is 9.97 Å². The quantitative estimate of drug-likeness (QED) is 0.673. The van der Waals surface area contributed by atoms with E-state index in [9.17, 15) is 22.8 Å². The lowest BCUT2D eigenvalue weighted by Gasteiger charge is -2.24. The average Bonchev–Trinajstić information content (AvgIpc) is 3.24. The molecule has 0 aliphatic carbocycles. The predicted molar refractivity (Wildman–Crippen MR) is 109 cm³/mol. The number of likely N-dealkylation sites (tertiary alicyclic amines) is 1. The lowest BCUT2D eigenvalue weighted by atomic mass is 10.0. The lowest BCUT2D eigenvalue weighted by molar-refractivity contribution is -0.137. The molecule has 0 saturated carbocycles. The van der Waals surface area contributed by atoms with Crippen molar-refractivity contribution in [1.82, 2.24) is 14.9 Å². The van der Waals surface area contributed by atoms with Crippen molar-refractivity contribution in [2.45, 2.75) is 31.5 Å². The number of hydrogen-bond acceptors (Lipinski definition) is 3. The molecular formula is C23H20F3N3O2. The Morgan fingerprint density at radius 2 is 1.87 bits per heavy atom. The minimum absolute atomic E-state index is 0.173. The highest BCUT2D eigenvalue weighted by Gasteiger charge is 2.32. The Morgan fingerprint density at radius 1 is 1.10 bits per heavy atom. The third kappa shape index (κ3) is 4.68. The van der Waals surface area contributed by atoms with Crippen LogP contribution in [-0.2, 0) is 12.6 Å². The Morgan fingerprint density at radius 3 is 2.55 bits per heavy atom. The van der Waals surface area contributed by atoms with Gasteiger partial charge in [0.1, 0.15) is 0 Å². The second-order valence-electron chi connectivity index (χ2n) is 7.52. The van der Waals surface area contributed by atoms with Gasteiger partial charge in [0.25, 0.3) is 5.91 Å². The van der Waals surface area contributed by atoms with Gasteiger partial charge in [-0.25, -0.2) is 0 Å². The van der Waals surface area contributed by atoms with E-state index in [0.717, 1.165) is 41.9 Å². The smallest absolute Gasteiger partial charge is 0.330 e. The molecule has 1 aliphatic heterocycles. The summed E-state index contributed by atoms with van der Waals surface area (Å²) in [7, 11) is 0. The van der Waals surface area contributed by atoms with Crippen LogP contribution >= 0.6 is 0 Å². The second kappa shape index (κ2) is 8.37. The molecular weight excluding hydrogens is 407 g/mol. The Kier molecular flexibility index (Phi) is 5.63. The van der Waals surface area contributed by atoms with Gasteiger partial charge in [0.05, 0.1) is 22.9 Å². The summed E-state index contributed by atoms with van der Waals surface area (Å²) in [6.07, 6.45) is -0.946. The number of aromatic nitrogens is 2. The Balaban J connectivity index is 1.52. The van der Waals surface area contributed by atoms with Gasteiger partial charge in [-0.05, 0) is 48.7 Å². The van der Waals surface area contributed by atoms with Gasteiger partial charge in [-0.1, -0.05) is 18.2 Å². The summed E-state index contributed by atoms with van der Waals surface area (Å²) in [6, 6.07) is 13.2. The van der Waals surface area contributed by atoms with Crippen molar-refractivity contribution in [2.75, 3.05) is 6.54 Å². The number of rotatable bonds is 4. The number of aromatic amines is 1. The molecule has 3 heterocycles. The van der Waals surface area contributed by atoms with Gasteiger partial charge in [-0.2, -0.15) is 13.2 Å². The molecule has 3 aromatic rings. The van der Waals surface area contributed by atoms with Crippen molar-refractivity contribution in [3.05, 3.63) is 99.2 Å². The third-order valence-electron chi connectivity index (χ3n) is 5.38. The fraction of sp³-hybridized carbons (Fsp3) is 0.261.